The maximum Gasteiger partial charge on any atom is 0.431 e. The molecule has 0 aromatic carbocycles. The van der Waals surface area contributed by atoms with Crippen molar-refractivity contribution in [3.8, 4) is 0 Å². The average Bonchev–Trinajstić information content (AvgIpc) is 2.65. The van der Waals surface area contributed by atoms with Crippen molar-refractivity contribution in [2.75, 3.05) is 7.11 Å². The number of carbonyl (C=O) groups is 2. The van der Waals surface area contributed by atoms with Gasteiger partial charge in [-0.15, -0.1) is 0 Å². The Hall–Kier alpha value is -1.30. The van der Waals surface area contributed by atoms with Gasteiger partial charge in [0.25, 0.3) is 0 Å². The van der Waals surface area contributed by atoms with Crippen LogP contribution in [0, 0.1) is 0 Å². The van der Waals surface area contributed by atoms with E-state index in [4.69, 9.17) is 9.94 Å². The van der Waals surface area contributed by atoms with Gasteiger partial charge >= 0.3 is 12.1 Å². The molecule has 154 valence electrons. The Kier molecular flexibility index (Phi) is 17.6. The van der Waals surface area contributed by atoms with E-state index in [9.17, 15) is 9.59 Å². The second-order valence-electron chi connectivity index (χ2n) is 6.93. The third kappa shape index (κ3) is 16.2. The van der Waals surface area contributed by atoms with Gasteiger partial charge in [-0.3, -0.25) is 10.0 Å². The molecule has 0 aliphatic rings. The van der Waals surface area contributed by atoms with E-state index in [1.807, 2.05) is 0 Å². The van der Waals surface area contributed by atoms with Gasteiger partial charge in [-0.25, -0.2) is 10.3 Å². The van der Waals surface area contributed by atoms with Crippen LogP contribution in [0.1, 0.15) is 103 Å². The van der Waals surface area contributed by atoms with Crippen LogP contribution in [0.5, 0.6) is 0 Å². The molecule has 0 aromatic heterocycles. The first-order valence-corrected chi connectivity index (χ1v) is 10.3. The van der Waals surface area contributed by atoms with Crippen LogP contribution in [0.2, 0.25) is 0 Å². The second-order valence-corrected chi connectivity index (χ2v) is 6.93. The van der Waals surface area contributed by atoms with Crippen LogP contribution < -0.4 is 5.48 Å². The minimum absolute atomic E-state index is 0.0997. The Morgan fingerprint density at radius 3 is 1.85 bits per heavy atom. The first-order valence-electron chi connectivity index (χ1n) is 10.3. The van der Waals surface area contributed by atoms with Crippen molar-refractivity contribution in [3.05, 3.63) is 0 Å². The fourth-order valence-electron chi connectivity index (χ4n) is 3.04. The number of carbonyl (C=O) groups excluding carboxylic acids is 2. The van der Waals surface area contributed by atoms with Gasteiger partial charge in [0.15, 0.2) is 0 Å². The minimum Gasteiger partial charge on any atom is -0.469 e. The molecule has 0 aliphatic carbocycles. The van der Waals surface area contributed by atoms with Crippen LogP contribution in [0.3, 0.4) is 0 Å². The van der Waals surface area contributed by atoms with Gasteiger partial charge in [0, 0.05) is 6.42 Å². The number of ether oxygens (including phenoxy) is 2. The zero-order valence-corrected chi connectivity index (χ0v) is 16.8. The largest absolute Gasteiger partial charge is 0.469 e. The van der Waals surface area contributed by atoms with E-state index in [2.05, 4.69) is 11.7 Å². The van der Waals surface area contributed by atoms with Crippen LogP contribution >= 0.6 is 0 Å². The summed E-state index contributed by atoms with van der Waals surface area (Å²) in [6.07, 6.45) is 14.9. The Morgan fingerprint density at radius 2 is 1.35 bits per heavy atom. The fraction of sp³-hybridized carbons (Fsp3) is 0.900. The molecule has 0 fully saturated rings. The molecule has 6 nitrogen and oxygen atoms in total. The zero-order chi connectivity index (χ0) is 19.5. The Balaban J connectivity index is 3.64. The lowest BCUT2D eigenvalue weighted by Gasteiger charge is -2.17. The van der Waals surface area contributed by atoms with Crippen molar-refractivity contribution in [1.82, 2.24) is 5.48 Å². The first kappa shape index (κ1) is 24.7. The van der Waals surface area contributed by atoms with Gasteiger partial charge in [-0.1, -0.05) is 64.7 Å². The molecule has 0 spiro atoms. The second kappa shape index (κ2) is 18.5. The van der Waals surface area contributed by atoms with E-state index in [1.54, 1.807) is 5.48 Å². The van der Waals surface area contributed by atoms with Gasteiger partial charge in [-0.05, 0) is 32.1 Å². The standard InChI is InChI=1S/C20H39NO5/c1-3-4-5-12-15-18(26-20(23)21-24)16-13-10-8-6-7-9-11-14-17-19(22)25-2/h18,24H,3-17H2,1-2H3,(H,21,23). The number of hydrogen-bond acceptors (Lipinski definition) is 5. The van der Waals surface area contributed by atoms with Crippen LogP contribution in [0.15, 0.2) is 0 Å². The van der Waals surface area contributed by atoms with E-state index >= 15 is 0 Å². The molecule has 0 aromatic rings. The van der Waals surface area contributed by atoms with Crippen LogP contribution in [-0.2, 0) is 14.3 Å². The summed E-state index contributed by atoms with van der Waals surface area (Å²) < 4.78 is 9.86. The highest BCUT2D eigenvalue weighted by molar-refractivity contribution is 5.68. The van der Waals surface area contributed by atoms with Crippen molar-refractivity contribution in [3.63, 3.8) is 0 Å². The van der Waals surface area contributed by atoms with Crippen LogP contribution in [0.4, 0.5) is 4.79 Å². The lowest BCUT2D eigenvalue weighted by Crippen LogP contribution is -2.26. The SMILES string of the molecule is CCCCCCC(CCCCCCCCCCC(=O)OC)OC(=O)NO. The van der Waals surface area contributed by atoms with E-state index in [0.29, 0.717) is 6.42 Å². The van der Waals surface area contributed by atoms with E-state index in [-0.39, 0.29) is 12.1 Å². The summed E-state index contributed by atoms with van der Waals surface area (Å²) in [5.41, 5.74) is 1.55. The van der Waals surface area contributed by atoms with Crippen molar-refractivity contribution >= 4 is 12.1 Å². The van der Waals surface area contributed by atoms with Crippen molar-refractivity contribution in [1.29, 1.82) is 0 Å². The minimum atomic E-state index is -0.752. The van der Waals surface area contributed by atoms with Crippen molar-refractivity contribution in [2.45, 2.75) is 109 Å². The number of nitrogens with one attached hydrogen (secondary N) is 1. The quantitative estimate of drug-likeness (QED) is 0.152. The normalized spacial score (nSPS) is 11.8. The predicted molar refractivity (Wildman–Crippen MR) is 102 cm³/mol. The highest BCUT2D eigenvalue weighted by Gasteiger charge is 2.13. The molecule has 1 amide bonds. The van der Waals surface area contributed by atoms with Gasteiger partial charge in [0.1, 0.15) is 6.10 Å². The number of hydroxylamine groups is 1. The number of hydrogen-bond donors (Lipinski definition) is 2. The molecule has 0 heterocycles. The monoisotopic (exact) mass is 373 g/mol. The number of esters is 1. The molecule has 1 unspecified atom stereocenters. The maximum absolute atomic E-state index is 11.2. The molecule has 1 atom stereocenters. The molecule has 0 radical (unpaired) electrons. The molecule has 26 heavy (non-hydrogen) atoms. The molecule has 0 saturated heterocycles. The summed E-state index contributed by atoms with van der Waals surface area (Å²) in [4.78, 5) is 22.2. The number of unbranched alkanes of at least 4 members (excludes halogenated alkanes) is 10. The average molecular weight is 374 g/mol. The smallest absolute Gasteiger partial charge is 0.431 e. The highest BCUT2D eigenvalue weighted by atomic mass is 16.6. The summed E-state index contributed by atoms with van der Waals surface area (Å²) >= 11 is 0. The van der Waals surface area contributed by atoms with E-state index in [1.165, 1.54) is 39.2 Å². The molecular weight excluding hydrogens is 334 g/mol. The van der Waals surface area contributed by atoms with Gasteiger partial charge < -0.3 is 9.47 Å². The fourth-order valence-corrected chi connectivity index (χ4v) is 3.04. The molecule has 0 bridgehead atoms. The van der Waals surface area contributed by atoms with Crippen LogP contribution in [0.25, 0.3) is 0 Å². The highest BCUT2D eigenvalue weighted by Crippen LogP contribution is 2.16. The van der Waals surface area contributed by atoms with Crippen LogP contribution in [-0.4, -0.2) is 30.5 Å². The summed E-state index contributed by atoms with van der Waals surface area (Å²) in [7, 11) is 1.43. The Labute approximate surface area is 159 Å². The molecule has 0 rings (SSSR count). The predicted octanol–water partition coefficient (Wildman–Crippen LogP) is 5.51. The molecule has 6 heteroatoms. The van der Waals surface area contributed by atoms with Gasteiger partial charge in [0.05, 0.1) is 7.11 Å². The van der Waals surface area contributed by atoms with Gasteiger partial charge in [0.2, 0.25) is 0 Å². The van der Waals surface area contributed by atoms with Gasteiger partial charge in [-0.2, -0.15) is 0 Å². The lowest BCUT2D eigenvalue weighted by atomic mass is 10.0. The van der Waals surface area contributed by atoms with E-state index < -0.39 is 6.09 Å². The zero-order valence-electron chi connectivity index (χ0n) is 16.8. The molecule has 0 aliphatic heterocycles. The number of methoxy groups -OCH3 is 1. The maximum atomic E-state index is 11.2. The van der Waals surface area contributed by atoms with Crippen molar-refractivity contribution in [2.24, 2.45) is 0 Å². The third-order valence-electron chi connectivity index (χ3n) is 4.63. The lowest BCUT2D eigenvalue weighted by molar-refractivity contribution is -0.140. The summed E-state index contributed by atoms with van der Waals surface area (Å²) in [5, 5.41) is 8.62. The Bertz CT molecular complexity index is 349. The number of rotatable bonds is 17. The third-order valence-corrected chi connectivity index (χ3v) is 4.63. The first-order chi connectivity index (χ1) is 12.6. The van der Waals surface area contributed by atoms with Crippen molar-refractivity contribution < 1.29 is 24.3 Å². The Morgan fingerprint density at radius 1 is 0.846 bits per heavy atom. The molecule has 2 N–H and O–H groups in total. The summed E-state index contributed by atoms with van der Waals surface area (Å²) in [6.45, 7) is 2.17. The molecular formula is C20H39NO5. The summed E-state index contributed by atoms with van der Waals surface area (Å²) in [5.74, 6) is -0.119. The molecule has 0 saturated carbocycles. The summed E-state index contributed by atoms with van der Waals surface area (Å²) in [6, 6.07) is 0. The topological polar surface area (TPSA) is 84.9 Å². The number of amides is 1. The van der Waals surface area contributed by atoms with E-state index in [0.717, 1.165) is 57.8 Å².